The summed E-state index contributed by atoms with van der Waals surface area (Å²) in [6.07, 6.45) is 0. The van der Waals surface area contributed by atoms with E-state index in [1.807, 2.05) is 6.92 Å². The summed E-state index contributed by atoms with van der Waals surface area (Å²) in [5.41, 5.74) is 6.35. The van der Waals surface area contributed by atoms with Crippen molar-refractivity contribution in [2.45, 2.75) is 6.92 Å². The van der Waals surface area contributed by atoms with Gasteiger partial charge >= 0.3 is 0 Å². The van der Waals surface area contributed by atoms with Gasteiger partial charge in [-0.15, -0.1) is 12.4 Å². The van der Waals surface area contributed by atoms with E-state index in [-0.39, 0.29) is 25.6 Å². The molecule has 0 aliphatic heterocycles. The van der Waals surface area contributed by atoms with Crippen LogP contribution in [0.25, 0.3) is 0 Å². The number of hydrogen-bond donors (Lipinski definition) is 3. The van der Waals surface area contributed by atoms with Crippen molar-refractivity contribution in [3.05, 3.63) is 11.8 Å². The van der Waals surface area contributed by atoms with Gasteiger partial charge < -0.3 is 20.8 Å². The molecule has 4 N–H and O–H groups in total. The summed E-state index contributed by atoms with van der Waals surface area (Å²) in [5.74, 6) is 0.828. The molecule has 16 heavy (non-hydrogen) atoms. The molecule has 1 aromatic rings. The highest BCUT2D eigenvalue weighted by Gasteiger charge is 2.09. The van der Waals surface area contributed by atoms with Gasteiger partial charge in [0.1, 0.15) is 5.82 Å². The first-order chi connectivity index (χ1) is 7.17. The fourth-order valence-corrected chi connectivity index (χ4v) is 1.27. The Hall–Kier alpha value is -1.11. The Bertz CT molecular complexity index is 298. The van der Waals surface area contributed by atoms with E-state index < -0.39 is 0 Å². The number of nitrogen functional groups attached to an aromatic ring is 1. The van der Waals surface area contributed by atoms with Gasteiger partial charge in [0.25, 0.3) is 0 Å². The highest BCUT2D eigenvalue weighted by Crippen LogP contribution is 2.10. The Labute approximate surface area is 101 Å². The van der Waals surface area contributed by atoms with Crippen molar-refractivity contribution in [1.82, 2.24) is 9.97 Å². The molecule has 1 rings (SSSR count). The van der Waals surface area contributed by atoms with E-state index in [0.717, 1.165) is 5.69 Å². The molecular weight excluding hydrogens is 232 g/mol. The molecule has 0 spiro atoms. The molecule has 7 heteroatoms. The molecule has 6 nitrogen and oxygen atoms in total. The summed E-state index contributed by atoms with van der Waals surface area (Å²) >= 11 is 0. The van der Waals surface area contributed by atoms with E-state index in [4.69, 9.17) is 15.9 Å². The van der Waals surface area contributed by atoms with Crippen LogP contribution >= 0.6 is 12.4 Å². The first-order valence-electron chi connectivity index (χ1n) is 4.75. The molecule has 0 saturated heterocycles. The van der Waals surface area contributed by atoms with Crippen molar-refractivity contribution in [3.63, 3.8) is 0 Å². The Morgan fingerprint density at radius 3 is 2.25 bits per heavy atom. The second-order valence-corrected chi connectivity index (χ2v) is 3.17. The van der Waals surface area contributed by atoms with Crippen molar-refractivity contribution in [3.8, 4) is 0 Å². The van der Waals surface area contributed by atoms with Crippen LogP contribution in [0.3, 0.4) is 0 Å². The maximum absolute atomic E-state index is 8.85. The number of aryl methyl sites for hydroxylation is 1. The molecule has 0 atom stereocenters. The van der Waals surface area contributed by atoms with Gasteiger partial charge in [0.15, 0.2) is 0 Å². The average Bonchev–Trinajstić information content (AvgIpc) is 2.16. The SMILES string of the molecule is Cc1cc(N)nc(N(CCO)CCO)n1.Cl. The molecule has 0 aromatic carbocycles. The van der Waals surface area contributed by atoms with Gasteiger partial charge in [-0.2, -0.15) is 4.98 Å². The molecule has 1 heterocycles. The van der Waals surface area contributed by atoms with Gasteiger partial charge in [0.05, 0.1) is 13.2 Å². The minimum Gasteiger partial charge on any atom is -0.395 e. The molecule has 92 valence electrons. The van der Waals surface area contributed by atoms with Crippen LogP contribution in [0.5, 0.6) is 0 Å². The van der Waals surface area contributed by atoms with Crippen molar-refractivity contribution >= 4 is 24.2 Å². The summed E-state index contributed by atoms with van der Waals surface area (Å²) < 4.78 is 0. The van der Waals surface area contributed by atoms with Crippen LogP contribution in [0.2, 0.25) is 0 Å². The first kappa shape index (κ1) is 14.9. The van der Waals surface area contributed by atoms with Crippen LogP contribution in [0.15, 0.2) is 6.07 Å². The Balaban J connectivity index is 0.00000225. The zero-order chi connectivity index (χ0) is 11.3. The summed E-state index contributed by atoms with van der Waals surface area (Å²) in [6, 6.07) is 1.67. The van der Waals surface area contributed by atoms with Gasteiger partial charge in [-0.3, -0.25) is 0 Å². The molecule has 0 saturated carbocycles. The minimum atomic E-state index is -0.0167. The molecule has 0 aliphatic carbocycles. The Morgan fingerprint density at radius 1 is 1.25 bits per heavy atom. The number of anilines is 2. The van der Waals surface area contributed by atoms with Gasteiger partial charge in [0.2, 0.25) is 5.95 Å². The minimum absolute atomic E-state index is 0. The second-order valence-electron chi connectivity index (χ2n) is 3.17. The summed E-state index contributed by atoms with van der Waals surface area (Å²) in [7, 11) is 0. The van der Waals surface area contributed by atoms with Gasteiger partial charge in [-0.05, 0) is 6.92 Å². The molecule has 0 aliphatic rings. The van der Waals surface area contributed by atoms with E-state index in [2.05, 4.69) is 9.97 Å². The number of hydrogen-bond acceptors (Lipinski definition) is 6. The van der Waals surface area contributed by atoms with E-state index >= 15 is 0 Å². The fraction of sp³-hybridized carbons (Fsp3) is 0.556. The molecule has 1 aromatic heterocycles. The number of aromatic nitrogens is 2. The number of aliphatic hydroxyl groups excluding tert-OH is 2. The largest absolute Gasteiger partial charge is 0.395 e. The average molecular weight is 249 g/mol. The van der Waals surface area contributed by atoms with Gasteiger partial charge in [-0.1, -0.05) is 0 Å². The number of halogens is 1. The zero-order valence-electron chi connectivity index (χ0n) is 9.13. The number of aliphatic hydroxyl groups is 2. The molecular formula is C9H17ClN4O2. The van der Waals surface area contributed by atoms with Crippen LogP contribution in [0, 0.1) is 6.92 Å². The van der Waals surface area contributed by atoms with Crippen molar-refractivity contribution in [1.29, 1.82) is 0 Å². The lowest BCUT2D eigenvalue weighted by Gasteiger charge is -2.20. The Kier molecular flexibility index (Phi) is 6.71. The summed E-state index contributed by atoms with van der Waals surface area (Å²) in [5, 5.41) is 17.7. The molecule has 0 fully saturated rings. The van der Waals surface area contributed by atoms with Crippen molar-refractivity contribution in [2.75, 3.05) is 36.9 Å². The smallest absolute Gasteiger partial charge is 0.227 e. The third kappa shape index (κ3) is 4.18. The van der Waals surface area contributed by atoms with Crippen LogP contribution in [-0.2, 0) is 0 Å². The number of nitrogens with zero attached hydrogens (tertiary/aromatic N) is 3. The van der Waals surface area contributed by atoms with Crippen LogP contribution < -0.4 is 10.6 Å². The molecule has 0 amide bonds. The van der Waals surface area contributed by atoms with E-state index in [1.54, 1.807) is 11.0 Å². The quantitative estimate of drug-likeness (QED) is 0.655. The summed E-state index contributed by atoms with van der Waals surface area (Å²) in [4.78, 5) is 9.91. The van der Waals surface area contributed by atoms with Crippen LogP contribution in [0.4, 0.5) is 11.8 Å². The molecule has 0 unspecified atom stereocenters. The van der Waals surface area contributed by atoms with E-state index in [0.29, 0.717) is 24.9 Å². The second kappa shape index (κ2) is 7.21. The normalized spacial score (nSPS) is 9.69. The molecule has 0 bridgehead atoms. The number of nitrogens with two attached hydrogens (primary N) is 1. The highest BCUT2D eigenvalue weighted by molar-refractivity contribution is 5.85. The van der Waals surface area contributed by atoms with Crippen LogP contribution in [0.1, 0.15) is 5.69 Å². The highest BCUT2D eigenvalue weighted by atomic mass is 35.5. The summed E-state index contributed by atoms with van der Waals surface area (Å²) in [6.45, 7) is 2.54. The van der Waals surface area contributed by atoms with Crippen molar-refractivity contribution < 1.29 is 10.2 Å². The van der Waals surface area contributed by atoms with Crippen LogP contribution in [-0.4, -0.2) is 46.5 Å². The van der Waals surface area contributed by atoms with Crippen molar-refractivity contribution in [2.24, 2.45) is 0 Å². The maximum Gasteiger partial charge on any atom is 0.227 e. The monoisotopic (exact) mass is 248 g/mol. The first-order valence-corrected chi connectivity index (χ1v) is 4.75. The van der Waals surface area contributed by atoms with Gasteiger partial charge in [-0.25, -0.2) is 4.98 Å². The lowest BCUT2D eigenvalue weighted by Crippen LogP contribution is -2.31. The van der Waals surface area contributed by atoms with E-state index in [1.165, 1.54) is 0 Å². The zero-order valence-corrected chi connectivity index (χ0v) is 9.94. The standard InChI is InChI=1S/C9H16N4O2.ClH/c1-7-6-8(10)12-9(11-7)13(2-4-14)3-5-15;/h6,14-15H,2-5H2,1H3,(H2,10,11,12);1H. The third-order valence-electron chi connectivity index (χ3n) is 1.88. The lowest BCUT2D eigenvalue weighted by molar-refractivity contribution is 0.280. The predicted octanol–water partition coefficient (Wildman–Crippen LogP) is -0.420. The molecule has 0 radical (unpaired) electrons. The lowest BCUT2D eigenvalue weighted by atomic mass is 10.4. The topological polar surface area (TPSA) is 95.5 Å². The third-order valence-corrected chi connectivity index (χ3v) is 1.88. The van der Waals surface area contributed by atoms with E-state index in [9.17, 15) is 0 Å². The number of rotatable bonds is 5. The predicted molar refractivity (Wildman–Crippen MR) is 64.8 cm³/mol. The Morgan fingerprint density at radius 2 is 1.81 bits per heavy atom. The maximum atomic E-state index is 8.85. The fourth-order valence-electron chi connectivity index (χ4n) is 1.27. The van der Waals surface area contributed by atoms with Gasteiger partial charge in [0, 0.05) is 24.8 Å².